The summed E-state index contributed by atoms with van der Waals surface area (Å²) in [4.78, 5) is 19.7. The lowest BCUT2D eigenvalue weighted by Gasteiger charge is -2.08. The number of hydrogen-bond donors (Lipinski definition) is 2. The van der Waals surface area contributed by atoms with Gasteiger partial charge in [0.1, 0.15) is 5.69 Å². The van der Waals surface area contributed by atoms with Gasteiger partial charge in [-0.3, -0.25) is 4.79 Å². The summed E-state index contributed by atoms with van der Waals surface area (Å²) in [5.74, 6) is -1.10. The molecule has 4 rings (SSSR count). The highest BCUT2D eigenvalue weighted by atomic mass is 32.2. The van der Waals surface area contributed by atoms with E-state index in [0.717, 1.165) is 17.7 Å². The average molecular weight is 488 g/mol. The highest BCUT2D eigenvalue weighted by Crippen LogP contribution is 2.36. The molecule has 2 aromatic heterocycles. The van der Waals surface area contributed by atoms with Gasteiger partial charge < -0.3 is 4.98 Å². The van der Waals surface area contributed by atoms with Gasteiger partial charge in [0.15, 0.2) is 0 Å². The minimum Gasteiger partial charge on any atom is -0.354 e. The lowest BCUT2D eigenvalue weighted by molar-refractivity contribution is -0.137. The molecule has 0 aliphatic heterocycles. The molecular formula is C24H20F3N3O3S. The molecule has 2 N–H and O–H groups in total. The molecule has 176 valence electrons. The molecule has 0 aliphatic rings. The Kier molecular flexibility index (Phi) is 6.18. The summed E-state index contributed by atoms with van der Waals surface area (Å²) >= 11 is 0. The number of halogens is 3. The first-order valence-corrected chi connectivity index (χ1v) is 12.0. The molecule has 0 unspecified atom stereocenters. The molecule has 0 spiro atoms. The van der Waals surface area contributed by atoms with Crippen LogP contribution in [0.2, 0.25) is 0 Å². The molecule has 2 aromatic carbocycles. The highest BCUT2D eigenvalue weighted by Gasteiger charge is 2.31. The molecule has 0 radical (unpaired) electrons. The summed E-state index contributed by atoms with van der Waals surface area (Å²) in [6.07, 6.45) is -4.27. The van der Waals surface area contributed by atoms with Crippen molar-refractivity contribution in [3.05, 3.63) is 89.2 Å². The van der Waals surface area contributed by atoms with Crippen LogP contribution in [0.1, 0.15) is 34.2 Å². The Morgan fingerprint density at radius 3 is 2.44 bits per heavy atom. The summed E-state index contributed by atoms with van der Waals surface area (Å²) in [6.45, 7) is 1.41. The Labute approximate surface area is 193 Å². The highest BCUT2D eigenvalue weighted by molar-refractivity contribution is 7.90. The van der Waals surface area contributed by atoms with Crippen LogP contribution < -0.4 is 4.72 Å². The van der Waals surface area contributed by atoms with Gasteiger partial charge in [-0.1, -0.05) is 42.5 Å². The van der Waals surface area contributed by atoms with Crippen molar-refractivity contribution in [3.8, 4) is 11.3 Å². The van der Waals surface area contributed by atoms with Crippen LogP contribution in [0, 0.1) is 0 Å². The molecule has 2 heterocycles. The molecule has 0 saturated heterocycles. The molecule has 0 bridgehead atoms. The zero-order chi connectivity index (χ0) is 24.5. The number of nitrogens with zero attached hydrogens (tertiary/aromatic N) is 1. The minimum atomic E-state index is -4.48. The number of carbonyl (C=O) groups is 1. The number of carbonyl (C=O) groups excluding carboxylic acids is 1. The second-order valence-electron chi connectivity index (χ2n) is 7.63. The number of fused-ring (bicyclic) bond motifs is 1. The molecule has 6 nitrogen and oxygen atoms in total. The van der Waals surface area contributed by atoms with Gasteiger partial charge in [0.2, 0.25) is 10.0 Å². The molecule has 0 atom stereocenters. The van der Waals surface area contributed by atoms with Gasteiger partial charge in [-0.05, 0) is 42.3 Å². The zero-order valence-corrected chi connectivity index (χ0v) is 18.8. The quantitative estimate of drug-likeness (QED) is 0.404. The number of nitrogens with one attached hydrogen (secondary N) is 2. The molecule has 1 amide bonds. The number of amides is 1. The maximum Gasteiger partial charge on any atom is 0.416 e. The number of H-pyrrole nitrogens is 1. The summed E-state index contributed by atoms with van der Waals surface area (Å²) < 4.78 is 65.2. The smallest absolute Gasteiger partial charge is 0.354 e. The van der Waals surface area contributed by atoms with Gasteiger partial charge in [0.05, 0.1) is 17.0 Å². The lowest BCUT2D eigenvalue weighted by atomic mass is 10.00. The van der Waals surface area contributed by atoms with Crippen molar-refractivity contribution in [1.29, 1.82) is 0 Å². The number of alkyl halides is 3. The number of rotatable bonds is 6. The third kappa shape index (κ3) is 4.96. The number of aromatic nitrogens is 2. The largest absolute Gasteiger partial charge is 0.416 e. The second kappa shape index (κ2) is 8.94. The SMILES string of the molecule is CCS(=O)(=O)NC(=O)c1cccc(Cc2c(-c3ccccc3)[nH]c3cc(C(F)(F)F)ccc23)n1. The van der Waals surface area contributed by atoms with Crippen molar-refractivity contribution >= 4 is 26.8 Å². The second-order valence-corrected chi connectivity index (χ2v) is 9.64. The summed E-state index contributed by atoms with van der Waals surface area (Å²) in [5, 5.41) is 0.595. The maximum absolute atomic E-state index is 13.3. The summed E-state index contributed by atoms with van der Waals surface area (Å²) in [7, 11) is -3.75. The number of aromatic amines is 1. The molecule has 4 aromatic rings. The van der Waals surface area contributed by atoms with Crippen LogP contribution in [0.4, 0.5) is 13.2 Å². The van der Waals surface area contributed by atoms with Crippen LogP contribution in [0.3, 0.4) is 0 Å². The molecule has 10 heteroatoms. The van der Waals surface area contributed by atoms with Crippen LogP contribution in [-0.2, 0) is 22.6 Å². The minimum absolute atomic E-state index is 0.0741. The lowest BCUT2D eigenvalue weighted by Crippen LogP contribution is -2.32. The van der Waals surface area contributed by atoms with Crippen LogP contribution in [-0.4, -0.2) is 30.0 Å². The maximum atomic E-state index is 13.3. The Hall–Kier alpha value is -3.66. The van der Waals surface area contributed by atoms with Gasteiger partial charge in [-0.25, -0.2) is 18.1 Å². The van der Waals surface area contributed by atoms with Crippen molar-refractivity contribution in [2.75, 3.05) is 5.75 Å². The van der Waals surface area contributed by atoms with Crippen molar-refractivity contribution in [2.24, 2.45) is 0 Å². The van der Waals surface area contributed by atoms with E-state index in [-0.39, 0.29) is 17.9 Å². The molecule has 0 saturated carbocycles. The van der Waals surface area contributed by atoms with E-state index in [9.17, 15) is 26.4 Å². The van der Waals surface area contributed by atoms with E-state index >= 15 is 0 Å². The Balaban J connectivity index is 1.78. The first kappa shape index (κ1) is 23.5. The molecular weight excluding hydrogens is 467 g/mol. The van der Waals surface area contributed by atoms with Gasteiger partial charge in [0.25, 0.3) is 5.91 Å². The fourth-order valence-corrected chi connectivity index (χ4v) is 4.15. The van der Waals surface area contributed by atoms with E-state index in [4.69, 9.17) is 0 Å². The third-order valence-corrected chi connectivity index (χ3v) is 6.58. The zero-order valence-electron chi connectivity index (χ0n) is 18.0. The Morgan fingerprint density at radius 2 is 1.76 bits per heavy atom. The van der Waals surface area contributed by atoms with E-state index < -0.39 is 27.7 Å². The van der Waals surface area contributed by atoms with Crippen molar-refractivity contribution in [3.63, 3.8) is 0 Å². The van der Waals surface area contributed by atoms with E-state index in [2.05, 4.69) is 9.97 Å². The Bertz CT molecular complexity index is 1460. The monoisotopic (exact) mass is 487 g/mol. The van der Waals surface area contributed by atoms with E-state index in [1.54, 1.807) is 12.1 Å². The van der Waals surface area contributed by atoms with Gasteiger partial charge in [0, 0.05) is 23.0 Å². The molecule has 0 fully saturated rings. The van der Waals surface area contributed by atoms with Crippen molar-refractivity contribution in [1.82, 2.24) is 14.7 Å². The normalized spacial score (nSPS) is 12.1. The fourth-order valence-electron chi connectivity index (χ4n) is 3.62. The topological polar surface area (TPSA) is 91.9 Å². The van der Waals surface area contributed by atoms with Gasteiger partial charge in [-0.15, -0.1) is 0 Å². The summed E-state index contributed by atoms with van der Waals surface area (Å²) in [5.41, 5.74) is 2.08. The van der Waals surface area contributed by atoms with Crippen molar-refractivity contribution in [2.45, 2.75) is 19.5 Å². The van der Waals surface area contributed by atoms with Crippen LogP contribution in [0.5, 0.6) is 0 Å². The van der Waals surface area contributed by atoms with Crippen molar-refractivity contribution < 1.29 is 26.4 Å². The number of pyridine rings is 1. The number of benzene rings is 2. The molecule has 0 aliphatic carbocycles. The van der Waals surface area contributed by atoms with E-state index in [0.29, 0.717) is 27.9 Å². The third-order valence-electron chi connectivity index (χ3n) is 5.32. The predicted molar refractivity (Wildman–Crippen MR) is 123 cm³/mol. The van der Waals surface area contributed by atoms with Crippen LogP contribution in [0.25, 0.3) is 22.2 Å². The van der Waals surface area contributed by atoms with E-state index in [1.807, 2.05) is 35.1 Å². The predicted octanol–water partition coefficient (Wildman–Crippen LogP) is 4.92. The van der Waals surface area contributed by atoms with Crippen LogP contribution in [0.15, 0.2) is 66.7 Å². The van der Waals surface area contributed by atoms with Gasteiger partial charge in [-0.2, -0.15) is 13.2 Å². The van der Waals surface area contributed by atoms with Gasteiger partial charge >= 0.3 is 6.18 Å². The Morgan fingerprint density at radius 1 is 1.03 bits per heavy atom. The first-order chi connectivity index (χ1) is 16.1. The number of hydrogen-bond acceptors (Lipinski definition) is 4. The molecule has 34 heavy (non-hydrogen) atoms. The average Bonchev–Trinajstić information content (AvgIpc) is 3.16. The van der Waals surface area contributed by atoms with Crippen LogP contribution >= 0.6 is 0 Å². The fraction of sp³-hybridized carbons (Fsp3) is 0.167. The summed E-state index contributed by atoms with van der Waals surface area (Å²) in [6, 6.07) is 17.3. The standard InChI is InChI=1S/C24H20F3N3O3S/c1-2-34(32,33)30-23(31)20-10-6-9-17(28-20)14-19-18-12-11-16(24(25,26)27)13-21(18)29-22(19)15-7-4-3-5-8-15/h3-13,29H,2,14H2,1H3,(H,30,31). The number of sulfonamides is 1. The first-order valence-electron chi connectivity index (χ1n) is 10.4. The van der Waals surface area contributed by atoms with E-state index in [1.165, 1.54) is 19.1 Å².